The van der Waals surface area contributed by atoms with Crippen molar-refractivity contribution in [3.8, 4) is 0 Å². The second-order valence-electron chi connectivity index (χ2n) is 6.68. The van der Waals surface area contributed by atoms with E-state index in [1.807, 2.05) is 12.3 Å². The zero-order chi connectivity index (χ0) is 14.5. The molecule has 2 heterocycles. The van der Waals surface area contributed by atoms with Gasteiger partial charge in [0.15, 0.2) is 0 Å². The van der Waals surface area contributed by atoms with Gasteiger partial charge >= 0.3 is 0 Å². The zero-order valence-corrected chi connectivity index (χ0v) is 12.9. The van der Waals surface area contributed by atoms with E-state index in [0.717, 1.165) is 5.82 Å². The molecule has 0 spiro atoms. The third-order valence-corrected chi connectivity index (χ3v) is 5.12. The van der Waals surface area contributed by atoms with Crippen molar-refractivity contribution < 1.29 is 0 Å². The summed E-state index contributed by atoms with van der Waals surface area (Å²) in [7, 11) is 0. The van der Waals surface area contributed by atoms with E-state index in [4.69, 9.17) is 0 Å². The summed E-state index contributed by atoms with van der Waals surface area (Å²) in [6.07, 6.45) is 1.89. The minimum Gasteiger partial charge on any atom is -0.319 e. The highest BCUT2D eigenvalue weighted by molar-refractivity contribution is 5.74. The Hall–Kier alpha value is -1.83. The van der Waals surface area contributed by atoms with Crippen molar-refractivity contribution in [3.05, 3.63) is 53.7 Å². The van der Waals surface area contributed by atoms with Gasteiger partial charge in [0.1, 0.15) is 5.82 Å². The molecule has 20 heavy (non-hydrogen) atoms. The molecule has 0 bridgehead atoms. The Bertz CT molecular complexity index is 656. The molecule has 2 aromatic rings. The predicted molar refractivity (Wildman–Crippen MR) is 84.7 cm³/mol. The Morgan fingerprint density at radius 2 is 1.65 bits per heavy atom. The lowest BCUT2D eigenvalue weighted by Gasteiger charge is -2.42. The van der Waals surface area contributed by atoms with E-state index >= 15 is 0 Å². The monoisotopic (exact) mass is 266 g/mol. The van der Waals surface area contributed by atoms with Gasteiger partial charge in [-0.15, -0.1) is 0 Å². The fourth-order valence-corrected chi connectivity index (χ4v) is 3.17. The molecule has 2 heteroatoms. The van der Waals surface area contributed by atoms with Gasteiger partial charge in [-0.1, -0.05) is 38.1 Å². The average Bonchev–Trinajstić information content (AvgIpc) is 2.56. The van der Waals surface area contributed by atoms with E-state index in [1.165, 1.54) is 16.8 Å². The number of fused-ring (bicyclic) bond motifs is 1. The smallest absolute Gasteiger partial charge is 0.137 e. The Morgan fingerprint density at radius 1 is 0.950 bits per heavy atom. The molecule has 0 saturated carbocycles. The summed E-state index contributed by atoms with van der Waals surface area (Å²) >= 11 is 0. The Balaban J connectivity index is 2.29. The molecule has 0 aliphatic carbocycles. The van der Waals surface area contributed by atoms with Crippen molar-refractivity contribution in [2.45, 2.75) is 45.6 Å². The molecule has 1 aliphatic heterocycles. The van der Waals surface area contributed by atoms with Crippen LogP contribution in [-0.4, -0.2) is 10.5 Å². The van der Waals surface area contributed by atoms with Crippen molar-refractivity contribution in [1.82, 2.24) is 4.98 Å². The predicted octanol–water partition coefficient (Wildman–Crippen LogP) is 4.60. The largest absolute Gasteiger partial charge is 0.319 e. The van der Waals surface area contributed by atoms with Crippen LogP contribution < -0.4 is 4.90 Å². The fourth-order valence-electron chi connectivity index (χ4n) is 3.17. The molecule has 1 aromatic carbocycles. The molecule has 0 fully saturated rings. The van der Waals surface area contributed by atoms with Gasteiger partial charge < -0.3 is 4.90 Å². The van der Waals surface area contributed by atoms with Crippen LogP contribution >= 0.6 is 0 Å². The quantitative estimate of drug-likeness (QED) is 0.750. The summed E-state index contributed by atoms with van der Waals surface area (Å²) in [5, 5.41) is 0. The molecule has 0 N–H and O–H groups in total. The first-order valence-corrected chi connectivity index (χ1v) is 7.19. The van der Waals surface area contributed by atoms with Crippen LogP contribution in [-0.2, 0) is 5.41 Å². The maximum absolute atomic E-state index is 4.68. The summed E-state index contributed by atoms with van der Waals surface area (Å²) in [4.78, 5) is 7.08. The second-order valence-corrected chi connectivity index (χ2v) is 6.68. The maximum Gasteiger partial charge on any atom is 0.137 e. The van der Waals surface area contributed by atoms with Gasteiger partial charge in [-0.3, -0.25) is 0 Å². The van der Waals surface area contributed by atoms with Crippen LogP contribution in [0.5, 0.6) is 0 Å². The van der Waals surface area contributed by atoms with E-state index in [9.17, 15) is 0 Å². The number of anilines is 2. The van der Waals surface area contributed by atoms with Gasteiger partial charge in [0, 0.05) is 22.9 Å². The van der Waals surface area contributed by atoms with Crippen LogP contribution in [0.4, 0.5) is 11.5 Å². The number of pyridine rings is 1. The van der Waals surface area contributed by atoms with Crippen LogP contribution in [0.15, 0.2) is 42.6 Å². The van der Waals surface area contributed by atoms with E-state index in [2.05, 4.69) is 74.8 Å². The van der Waals surface area contributed by atoms with E-state index in [0.29, 0.717) is 0 Å². The first kappa shape index (κ1) is 13.2. The number of rotatable bonds is 1. The van der Waals surface area contributed by atoms with Crippen LogP contribution in [0.3, 0.4) is 0 Å². The van der Waals surface area contributed by atoms with Gasteiger partial charge in [0.2, 0.25) is 0 Å². The van der Waals surface area contributed by atoms with Crippen molar-refractivity contribution in [1.29, 1.82) is 0 Å². The van der Waals surface area contributed by atoms with Crippen LogP contribution in [0, 0.1) is 6.92 Å². The minimum atomic E-state index is -0.0181. The third kappa shape index (κ3) is 1.54. The molecule has 0 saturated heterocycles. The van der Waals surface area contributed by atoms with Crippen molar-refractivity contribution in [2.75, 3.05) is 4.90 Å². The summed E-state index contributed by atoms with van der Waals surface area (Å²) in [5.41, 5.74) is 3.90. The normalized spacial score (nSPS) is 18.9. The third-order valence-electron chi connectivity index (χ3n) is 5.12. The molecule has 0 unspecified atom stereocenters. The van der Waals surface area contributed by atoms with E-state index < -0.39 is 0 Å². The second kappa shape index (κ2) is 4.08. The highest BCUT2D eigenvalue weighted by Crippen LogP contribution is 2.53. The first-order valence-electron chi connectivity index (χ1n) is 7.19. The molecule has 0 radical (unpaired) electrons. The first-order chi connectivity index (χ1) is 9.37. The molecule has 1 aliphatic rings. The number of aryl methyl sites for hydroxylation is 1. The molecule has 2 nitrogen and oxygen atoms in total. The Morgan fingerprint density at radius 3 is 2.35 bits per heavy atom. The van der Waals surface area contributed by atoms with Gasteiger partial charge in [-0.2, -0.15) is 0 Å². The maximum atomic E-state index is 4.68. The van der Waals surface area contributed by atoms with E-state index in [-0.39, 0.29) is 11.0 Å². The van der Waals surface area contributed by atoms with Gasteiger partial charge in [0.05, 0.1) is 5.54 Å². The molecule has 1 aromatic heterocycles. The zero-order valence-electron chi connectivity index (χ0n) is 12.9. The lowest BCUT2D eigenvalue weighted by molar-refractivity contribution is 0.330. The molecule has 0 amide bonds. The fraction of sp³-hybridized carbons (Fsp3) is 0.389. The van der Waals surface area contributed by atoms with Crippen molar-refractivity contribution in [3.63, 3.8) is 0 Å². The lowest BCUT2D eigenvalue weighted by atomic mass is 9.72. The van der Waals surface area contributed by atoms with Crippen LogP contribution in [0.2, 0.25) is 0 Å². The highest BCUT2D eigenvalue weighted by Gasteiger charge is 2.52. The van der Waals surface area contributed by atoms with Crippen LogP contribution in [0.25, 0.3) is 0 Å². The SMILES string of the molecule is Cc1ccccc1N1c2ncccc2C(C)(C)C1(C)C. The molecular weight excluding hydrogens is 244 g/mol. The molecular formula is C18H22N2. The van der Waals surface area contributed by atoms with E-state index in [1.54, 1.807) is 0 Å². The molecule has 104 valence electrons. The van der Waals surface area contributed by atoms with Gasteiger partial charge in [-0.25, -0.2) is 4.98 Å². The summed E-state index contributed by atoms with van der Waals surface area (Å²) < 4.78 is 0. The summed E-state index contributed by atoms with van der Waals surface area (Å²) in [6.45, 7) is 11.4. The highest BCUT2D eigenvalue weighted by atomic mass is 15.3. The lowest BCUT2D eigenvalue weighted by Crippen LogP contribution is -2.49. The number of nitrogens with zero attached hydrogens (tertiary/aromatic N) is 2. The Kier molecular flexibility index (Phi) is 2.69. The van der Waals surface area contributed by atoms with Gasteiger partial charge in [0.25, 0.3) is 0 Å². The summed E-state index contributed by atoms with van der Waals surface area (Å²) in [6, 6.07) is 12.8. The number of para-hydroxylation sites is 1. The van der Waals surface area contributed by atoms with Crippen molar-refractivity contribution in [2.24, 2.45) is 0 Å². The number of hydrogen-bond donors (Lipinski definition) is 0. The number of aromatic nitrogens is 1. The molecule has 3 rings (SSSR count). The molecule has 0 atom stereocenters. The van der Waals surface area contributed by atoms with Gasteiger partial charge in [-0.05, 0) is 38.5 Å². The van der Waals surface area contributed by atoms with Crippen LogP contribution in [0.1, 0.15) is 38.8 Å². The number of benzene rings is 1. The standard InChI is InChI=1S/C18H22N2/c1-13-9-6-7-11-15(13)20-16-14(10-8-12-19-16)17(2,3)18(20,4)5/h6-12H,1-5H3. The summed E-state index contributed by atoms with van der Waals surface area (Å²) in [5.74, 6) is 1.09. The Labute approximate surface area is 121 Å². The number of hydrogen-bond acceptors (Lipinski definition) is 2. The topological polar surface area (TPSA) is 16.1 Å². The minimum absolute atomic E-state index is 0.0181. The average molecular weight is 266 g/mol. The van der Waals surface area contributed by atoms with Crippen molar-refractivity contribution >= 4 is 11.5 Å².